The van der Waals surface area contributed by atoms with Gasteiger partial charge in [-0.2, -0.15) is 0 Å². The number of methoxy groups -OCH3 is 1. The molecule has 0 heterocycles. The van der Waals surface area contributed by atoms with Gasteiger partial charge in [-0.05, 0) is 35.9 Å². The number of halogens is 2. The second kappa shape index (κ2) is 6.72. The predicted molar refractivity (Wildman–Crippen MR) is 80.3 cm³/mol. The van der Waals surface area contributed by atoms with Crippen LogP contribution < -0.4 is 10.1 Å². The number of ether oxygens (including phenoxy) is 1. The van der Waals surface area contributed by atoms with Gasteiger partial charge in [-0.1, -0.05) is 22.0 Å². The van der Waals surface area contributed by atoms with Crippen molar-refractivity contribution in [3.05, 3.63) is 57.8 Å². The molecule has 0 saturated carbocycles. The van der Waals surface area contributed by atoms with E-state index < -0.39 is 0 Å². The Bertz CT molecular complexity index is 604. The summed E-state index contributed by atoms with van der Waals surface area (Å²) in [6, 6.07) is 10.1. The molecule has 0 unspecified atom stereocenters. The highest BCUT2D eigenvalue weighted by Gasteiger charge is 2.05. The average molecular weight is 340 g/mol. The van der Waals surface area contributed by atoms with Crippen LogP contribution in [0, 0.1) is 5.82 Å². The fourth-order valence-electron chi connectivity index (χ4n) is 1.87. The van der Waals surface area contributed by atoms with Gasteiger partial charge >= 0.3 is 0 Å². The van der Waals surface area contributed by atoms with Crippen LogP contribution in [0.25, 0.3) is 0 Å². The summed E-state index contributed by atoms with van der Waals surface area (Å²) in [5, 5.41) is 12.5. The topological polar surface area (TPSA) is 41.5 Å². The Morgan fingerprint density at radius 3 is 2.65 bits per heavy atom. The maximum Gasteiger partial charge on any atom is 0.124 e. The molecular formula is C15H15BrFNO2. The first kappa shape index (κ1) is 14.8. The van der Waals surface area contributed by atoms with Crippen LogP contribution in [0.1, 0.15) is 11.1 Å². The maximum atomic E-state index is 13.0. The van der Waals surface area contributed by atoms with Gasteiger partial charge in [0, 0.05) is 22.3 Å². The molecule has 0 spiro atoms. The van der Waals surface area contributed by atoms with Gasteiger partial charge in [0.1, 0.15) is 11.6 Å². The summed E-state index contributed by atoms with van der Waals surface area (Å²) in [6.07, 6.45) is 0. The van der Waals surface area contributed by atoms with Gasteiger partial charge in [-0.25, -0.2) is 4.39 Å². The van der Waals surface area contributed by atoms with E-state index >= 15 is 0 Å². The van der Waals surface area contributed by atoms with Crippen molar-refractivity contribution in [2.45, 2.75) is 13.2 Å². The van der Waals surface area contributed by atoms with Crippen molar-refractivity contribution in [3.63, 3.8) is 0 Å². The van der Waals surface area contributed by atoms with Crippen molar-refractivity contribution in [2.24, 2.45) is 0 Å². The summed E-state index contributed by atoms with van der Waals surface area (Å²) in [7, 11) is 1.57. The fraction of sp³-hybridized carbons (Fsp3) is 0.200. The fourth-order valence-corrected chi connectivity index (χ4v) is 2.37. The number of nitrogens with one attached hydrogen (secondary N) is 1. The van der Waals surface area contributed by atoms with Crippen LogP contribution in [0.2, 0.25) is 0 Å². The first-order valence-electron chi connectivity index (χ1n) is 6.09. The van der Waals surface area contributed by atoms with Gasteiger partial charge in [0.15, 0.2) is 0 Å². The van der Waals surface area contributed by atoms with Crippen molar-refractivity contribution in [1.82, 2.24) is 0 Å². The summed E-state index contributed by atoms with van der Waals surface area (Å²) >= 11 is 3.33. The molecule has 0 amide bonds. The summed E-state index contributed by atoms with van der Waals surface area (Å²) in [5.41, 5.74) is 2.54. The van der Waals surface area contributed by atoms with E-state index in [1.807, 2.05) is 12.1 Å². The summed E-state index contributed by atoms with van der Waals surface area (Å²) in [6.45, 7) is 0.469. The molecule has 5 heteroatoms. The number of rotatable bonds is 5. The first-order chi connectivity index (χ1) is 9.63. The Morgan fingerprint density at radius 2 is 2.00 bits per heavy atom. The zero-order valence-electron chi connectivity index (χ0n) is 11.0. The lowest BCUT2D eigenvalue weighted by Gasteiger charge is -2.11. The van der Waals surface area contributed by atoms with Crippen LogP contribution in [0.4, 0.5) is 10.1 Å². The van der Waals surface area contributed by atoms with Crippen LogP contribution in [0.5, 0.6) is 5.75 Å². The van der Waals surface area contributed by atoms with Gasteiger partial charge in [0.25, 0.3) is 0 Å². The van der Waals surface area contributed by atoms with E-state index in [4.69, 9.17) is 4.74 Å². The lowest BCUT2D eigenvalue weighted by molar-refractivity contribution is 0.274. The van der Waals surface area contributed by atoms with E-state index in [1.54, 1.807) is 19.2 Å². The zero-order valence-corrected chi connectivity index (χ0v) is 12.6. The third kappa shape index (κ3) is 3.49. The normalized spacial score (nSPS) is 10.4. The largest absolute Gasteiger partial charge is 0.496 e. The molecule has 2 N–H and O–H groups in total. The molecule has 0 aliphatic carbocycles. The lowest BCUT2D eigenvalue weighted by atomic mass is 10.1. The van der Waals surface area contributed by atoms with Crippen molar-refractivity contribution in [2.75, 3.05) is 12.4 Å². The highest BCUT2D eigenvalue weighted by molar-refractivity contribution is 9.10. The summed E-state index contributed by atoms with van der Waals surface area (Å²) < 4.78 is 18.9. The molecule has 0 saturated heterocycles. The Hall–Kier alpha value is -1.59. The Morgan fingerprint density at radius 1 is 1.20 bits per heavy atom. The molecule has 0 aliphatic rings. The molecular weight excluding hydrogens is 325 g/mol. The second-order valence-electron chi connectivity index (χ2n) is 4.27. The molecule has 0 radical (unpaired) electrons. The smallest absolute Gasteiger partial charge is 0.124 e. The van der Waals surface area contributed by atoms with Gasteiger partial charge in [0.05, 0.1) is 13.7 Å². The van der Waals surface area contributed by atoms with E-state index in [9.17, 15) is 9.50 Å². The maximum absolute atomic E-state index is 13.0. The number of anilines is 1. The Labute approximate surface area is 125 Å². The van der Waals surface area contributed by atoms with E-state index in [2.05, 4.69) is 21.2 Å². The van der Waals surface area contributed by atoms with Crippen LogP contribution in [-0.2, 0) is 13.2 Å². The second-order valence-corrected chi connectivity index (χ2v) is 5.13. The Kier molecular flexibility index (Phi) is 4.98. The molecule has 3 nitrogen and oxygen atoms in total. The molecule has 2 aromatic carbocycles. The van der Waals surface area contributed by atoms with Crippen LogP contribution in [0.15, 0.2) is 40.9 Å². The van der Waals surface area contributed by atoms with Crippen molar-refractivity contribution in [1.29, 1.82) is 0 Å². The number of hydrogen-bond donors (Lipinski definition) is 2. The zero-order chi connectivity index (χ0) is 14.5. The third-order valence-corrected chi connectivity index (χ3v) is 3.69. The Balaban J connectivity index is 2.10. The van der Waals surface area contributed by atoms with Crippen LogP contribution in [-0.4, -0.2) is 12.2 Å². The predicted octanol–water partition coefficient (Wildman–Crippen LogP) is 3.70. The van der Waals surface area contributed by atoms with Crippen molar-refractivity contribution < 1.29 is 14.2 Å². The van der Waals surface area contributed by atoms with E-state index in [0.29, 0.717) is 12.3 Å². The number of benzene rings is 2. The van der Waals surface area contributed by atoms with Gasteiger partial charge < -0.3 is 15.2 Å². The minimum absolute atomic E-state index is 0.0844. The molecule has 0 aromatic heterocycles. The van der Waals surface area contributed by atoms with E-state index in [1.165, 1.54) is 12.1 Å². The summed E-state index contributed by atoms with van der Waals surface area (Å²) in [4.78, 5) is 0. The molecule has 0 bridgehead atoms. The molecule has 0 aliphatic heterocycles. The summed E-state index contributed by atoms with van der Waals surface area (Å²) in [5.74, 6) is 0.383. The standard InChI is InChI=1S/C15H15BrFNO2/c1-20-15-5-4-13(6-11(15)9-19)18-8-10-2-3-12(17)7-14(10)16/h2-7,18-19H,8-9H2,1H3. The highest BCUT2D eigenvalue weighted by atomic mass is 79.9. The van der Waals surface area contributed by atoms with E-state index in [-0.39, 0.29) is 12.4 Å². The molecule has 0 fully saturated rings. The van der Waals surface area contributed by atoms with Gasteiger partial charge in [0.2, 0.25) is 0 Å². The lowest BCUT2D eigenvalue weighted by Crippen LogP contribution is -2.02. The molecule has 2 aromatic rings. The molecule has 2 rings (SSSR count). The first-order valence-corrected chi connectivity index (χ1v) is 6.89. The van der Waals surface area contributed by atoms with Crippen molar-refractivity contribution >= 4 is 21.6 Å². The third-order valence-electron chi connectivity index (χ3n) is 2.95. The molecule has 106 valence electrons. The quantitative estimate of drug-likeness (QED) is 0.872. The number of aliphatic hydroxyl groups excluding tert-OH is 1. The average Bonchev–Trinajstić information content (AvgIpc) is 2.46. The number of aliphatic hydroxyl groups is 1. The van der Waals surface area contributed by atoms with E-state index in [0.717, 1.165) is 21.3 Å². The number of hydrogen-bond acceptors (Lipinski definition) is 3. The van der Waals surface area contributed by atoms with Crippen molar-refractivity contribution in [3.8, 4) is 5.75 Å². The van der Waals surface area contributed by atoms with Crippen LogP contribution >= 0.6 is 15.9 Å². The molecule has 20 heavy (non-hydrogen) atoms. The monoisotopic (exact) mass is 339 g/mol. The SMILES string of the molecule is COc1ccc(NCc2ccc(F)cc2Br)cc1CO. The highest BCUT2D eigenvalue weighted by Crippen LogP contribution is 2.24. The van der Waals surface area contributed by atoms with Gasteiger partial charge in [-0.15, -0.1) is 0 Å². The van der Waals surface area contributed by atoms with Gasteiger partial charge in [-0.3, -0.25) is 0 Å². The van der Waals surface area contributed by atoms with Crippen LogP contribution in [0.3, 0.4) is 0 Å². The molecule has 0 atom stereocenters. The minimum atomic E-state index is -0.271. The minimum Gasteiger partial charge on any atom is -0.496 e.